The van der Waals surface area contributed by atoms with E-state index >= 15 is 0 Å². The number of ether oxygens (including phenoxy) is 2. The maximum Gasteiger partial charge on any atom is 0.295 e. The summed E-state index contributed by atoms with van der Waals surface area (Å²) in [5, 5.41) is 12.0. The Morgan fingerprint density at radius 2 is 1.67 bits per heavy atom. The number of ketones is 1. The molecular weight excluding hydrogens is 727 g/mol. The predicted molar refractivity (Wildman–Crippen MR) is 215 cm³/mol. The maximum absolute atomic E-state index is 13.7. The molecule has 3 aromatic heterocycles. The van der Waals surface area contributed by atoms with Gasteiger partial charge in [0.25, 0.3) is 17.6 Å². The highest BCUT2D eigenvalue weighted by Gasteiger charge is 2.32. The van der Waals surface area contributed by atoms with E-state index in [1.807, 2.05) is 49.0 Å². The van der Waals surface area contributed by atoms with Crippen LogP contribution in [0, 0.1) is 5.92 Å². The summed E-state index contributed by atoms with van der Waals surface area (Å²) < 4.78 is 19.8. The standard InChI is InChI=1S/C43H53N7O7/c1-28(2)23-30-27-50(47-46-30)42(3,4)17-22-56-43(5,6)24-36(51)44-25-31-13-15-34(57-31)32-14-16-35(55-7)37-33(26-45-38(32)37)39(52)41(54)49-20-18-48(19-21-49)40(53)29-11-9-8-10-12-29/h8-16,26-28,45H,17-25H2,1-7H3,(H,44,51). The Bertz CT molecular complexity index is 2210. The van der Waals surface area contributed by atoms with Crippen molar-refractivity contribution in [3.63, 3.8) is 0 Å². The van der Waals surface area contributed by atoms with Gasteiger partial charge in [-0.25, -0.2) is 4.68 Å². The van der Waals surface area contributed by atoms with Gasteiger partial charge in [-0.15, -0.1) is 5.10 Å². The van der Waals surface area contributed by atoms with Gasteiger partial charge in [0, 0.05) is 56.3 Å². The average molecular weight is 780 g/mol. The van der Waals surface area contributed by atoms with E-state index in [9.17, 15) is 19.2 Å². The molecular formula is C43H53N7O7. The number of nitrogens with one attached hydrogen (secondary N) is 2. The van der Waals surface area contributed by atoms with Gasteiger partial charge in [-0.1, -0.05) is 37.3 Å². The second-order valence-electron chi connectivity index (χ2n) is 16.2. The fourth-order valence-corrected chi connectivity index (χ4v) is 7.01. The van der Waals surface area contributed by atoms with Crippen molar-refractivity contribution in [1.82, 2.24) is 35.1 Å². The summed E-state index contributed by atoms with van der Waals surface area (Å²) in [6.45, 7) is 14.0. The Hall–Kier alpha value is -5.76. The number of Topliss-reactive ketones (excluding diaryl/α,β-unsaturated/α-hetero) is 1. The Kier molecular flexibility index (Phi) is 12.3. The number of benzene rings is 2. The van der Waals surface area contributed by atoms with E-state index < -0.39 is 17.3 Å². The van der Waals surface area contributed by atoms with Crippen LogP contribution in [0.25, 0.3) is 22.2 Å². The van der Waals surface area contributed by atoms with Crippen LogP contribution in [-0.4, -0.2) is 98.8 Å². The van der Waals surface area contributed by atoms with Crippen LogP contribution in [-0.2, 0) is 32.8 Å². The van der Waals surface area contributed by atoms with Crippen molar-refractivity contribution in [3.05, 3.63) is 89.6 Å². The molecule has 2 N–H and O–H groups in total. The number of furan rings is 1. The van der Waals surface area contributed by atoms with Crippen LogP contribution in [0.4, 0.5) is 0 Å². The third-order valence-corrected chi connectivity index (χ3v) is 10.3. The molecule has 6 rings (SSSR count). The van der Waals surface area contributed by atoms with E-state index in [0.717, 1.165) is 12.1 Å². The average Bonchev–Trinajstić information content (AvgIpc) is 3.97. The Labute approximate surface area is 332 Å². The molecule has 0 spiro atoms. The second kappa shape index (κ2) is 17.2. The van der Waals surface area contributed by atoms with Gasteiger partial charge in [-0.3, -0.25) is 19.2 Å². The van der Waals surface area contributed by atoms with E-state index in [0.29, 0.717) is 71.3 Å². The SMILES string of the molecule is COc1ccc(-c2ccc(CNC(=O)CC(C)(C)OCCC(C)(C)n3cc(CC(C)C)nn3)o2)c2[nH]cc(C(=O)C(=O)N3CCN(C(=O)c4ccccc4)CC3)c12. The number of nitrogens with zero attached hydrogens (tertiary/aromatic N) is 5. The van der Waals surface area contributed by atoms with Crippen molar-refractivity contribution in [1.29, 1.82) is 0 Å². The molecule has 3 amide bonds. The minimum Gasteiger partial charge on any atom is -0.496 e. The quantitative estimate of drug-likeness (QED) is 0.0900. The summed E-state index contributed by atoms with van der Waals surface area (Å²) >= 11 is 0. The molecule has 1 aliphatic rings. The zero-order valence-corrected chi connectivity index (χ0v) is 33.9. The van der Waals surface area contributed by atoms with Gasteiger partial charge < -0.3 is 34.0 Å². The van der Waals surface area contributed by atoms with Crippen LogP contribution in [0.3, 0.4) is 0 Å². The first-order chi connectivity index (χ1) is 27.2. The van der Waals surface area contributed by atoms with E-state index in [-0.39, 0.29) is 49.0 Å². The molecule has 1 aliphatic heterocycles. The zero-order chi connectivity index (χ0) is 40.9. The number of carbonyl (C=O) groups is 4. The first-order valence-electron chi connectivity index (χ1n) is 19.4. The number of aromatic nitrogens is 4. The van der Waals surface area contributed by atoms with Crippen LogP contribution in [0.5, 0.6) is 5.75 Å². The molecule has 14 nitrogen and oxygen atoms in total. The molecule has 14 heteroatoms. The molecule has 0 saturated carbocycles. The Morgan fingerprint density at radius 3 is 2.37 bits per heavy atom. The molecule has 0 atom stereocenters. The molecule has 1 saturated heterocycles. The highest BCUT2D eigenvalue weighted by atomic mass is 16.5. The molecule has 57 heavy (non-hydrogen) atoms. The third-order valence-electron chi connectivity index (χ3n) is 10.3. The molecule has 0 aliphatic carbocycles. The van der Waals surface area contributed by atoms with Gasteiger partial charge in [0.1, 0.15) is 17.3 Å². The molecule has 0 unspecified atom stereocenters. The van der Waals surface area contributed by atoms with Gasteiger partial charge in [-0.05, 0) is 82.9 Å². The van der Waals surface area contributed by atoms with E-state index in [2.05, 4.69) is 48.3 Å². The Balaban J connectivity index is 1.04. The van der Waals surface area contributed by atoms with Crippen molar-refractivity contribution in [2.24, 2.45) is 5.92 Å². The monoisotopic (exact) mass is 779 g/mol. The largest absolute Gasteiger partial charge is 0.496 e. The van der Waals surface area contributed by atoms with Crippen molar-refractivity contribution < 1.29 is 33.1 Å². The predicted octanol–water partition coefficient (Wildman–Crippen LogP) is 6.02. The van der Waals surface area contributed by atoms with Crippen LogP contribution < -0.4 is 10.1 Å². The topological polar surface area (TPSA) is 165 Å². The number of amides is 3. The lowest BCUT2D eigenvalue weighted by atomic mass is 10.0. The molecule has 0 bridgehead atoms. The van der Waals surface area contributed by atoms with Crippen LogP contribution >= 0.6 is 0 Å². The normalized spacial score (nSPS) is 13.7. The molecule has 302 valence electrons. The molecule has 0 radical (unpaired) electrons. The van der Waals surface area contributed by atoms with Gasteiger partial charge in [-0.2, -0.15) is 0 Å². The van der Waals surface area contributed by atoms with E-state index in [1.54, 1.807) is 35.2 Å². The van der Waals surface area contributed by atoms with Crippen molar-refractivity contribution in [2.45, 2.75) is 78.5 Å². The van der Waals surface area contributed by atoms with Crippen molar-refractivity contribution in [3.8, 4) is 17.1 Å². The van der Waals surface area contributed by atoms with Crippen LogP contribution in [0.1, 0.15) is 86.6 Å². The Morgan fingerprint density at radius 1 is 0.947 bits per heavy atom. The maximum atomic E-state index is 13.7. The molecule has 1 fully saturated rings. The number of rotatable bonds is 16. The number of piperazine rings is 1. The first-order valence-corrected chi connectivity index (χ1v) is 19.4. The molecule has 2 aromatic carbocycles. The summed E-state index contributed by atoms with van der Waals surface area (Å²) in [6.07, 6.45) is 5.23. The highest BCUT2D eigenvalue weighted by molar-refractivity contribution is 6.45. The number of carbonyl (C=O) groups excluding carboxylic acids is 4. The van der Waals surface area contributed by atoms with Gasteiger partial charge in [0.05, 0.1) is 53.4 Å². The lowest BCUT2D eigenvalue weighted by Gasteiger charge is -2.34. The third kappa shape index (κ3) is 9.62. The van der Waals surface area contributed by atoms with Crippen LogP contribution in [0.2, 0.25) is 0 Å². The van der Waals surface area contributed by atoms with Crippen LogP contribution in [0.15, 0.2) is 71.4 Å². The minimum atomic E-state index is -0.700. The fourth-order valence-electron chi connectivity index (χ4n) is 7.01. The molecule has 4 heterocycles. The zero-order valence-electron chi connectivity index (χ0n) is 33.9. The van der Waals surface area contributed by atoms with Gasteiger partial charge >= 0.3 is 0 Å². The molecule has 5 aromatic rings. The number of hydrogen-bond donors (Lipinski definition) is 2. The summed E-state index contributed by atoms with van der Waals surface area (Å²) in [6, 6.07) is 16.1. The number of methoxy groups -OCH3 is 1. The number of aromatic amines is 1. The first kappa shape index (κ1) is 40.9. The lowest BCUT2D eigenvalue weighted by molar-refractivity contribution is -0.128. The van der Waals surface area contributed by atoms with E-state index in [4.69, 9.17) is 13.9 Å². The van der Waals surface area contributed by atoms with Crippen molar-refractivity contribution in [2.75, 3.05) is 39.9 Å². The summed E-state index contributed by atoms with van der Waals surface area (Å²) in [5.74, 6) is 0.357. The minimum absolute atomic E-state index is 0.105. The summed E-state index contributed by atoms with van der Waals surface area (Å²) in [5.41, 5.74) is 1.95. The summed E-state index contributed by atoms with van der Waals surface area (Å²) in [7, 11) is 1.50. The fraction of sp³-hybridized carbons (Fsp3) is 0.442. The highest BCUT2D eigenvalue weighted by Crippen LogP contribution is 2.37. The number of fused-ring (bicyclic) bond motifs is 1. The van der Waals surface area contributed by atoms with Crippen molar-refractivity contribution >= 4 is 34.4 Å². The summed E-state index contributed by atoms with van der Waals surface area (Å²) in [4.78, 5) is 59.4. The van der Waals surface area contributed by atoms with Gasteiger partial charge in [0.15, 0.2) is 0 Å². The smallest absolute Gasteiger partial charge is 0.295 e. The second-order valence-corrected chi connectivity index (χ2v) is 16.2. The lowest BCUT2D eigenvalue weighted by Crippen LogP contribution is -2.52. The number of hydrogen-bond acceptors (Lipinski definition) is 9. The van der Waals surface area contributed by atoms with Gasteiger partial charge in [0.2, 0.25) is 5.91 Å². The number of H-pyrrole nitrogens is 1. The van der Waals surface area contributed by atoms with E-state index in [1.165, 1.54) is 18.2 Å².